The summed E-state index contributed by atoms with van der Waals surface area (Å²) >= 11 is 0. The summed E-state index contributed by atoms with van der Waals surface area (Å²) in [6, 6.07) is 17.5. The molecular weight excluding hydrogens is 596 g/mol. The standard InChI is InChI=1S/C27H30O11S3/c1-19-4-10-22(11-5-19)39(28,29)36-17-26(38-41(32,33)24-14-8-21(3)9-15-24)27-25(16-34-18-35-27)37-40(30,31)23-12-6-20(2)7-13-23/h4-15,25-27H,16-18H2,1-3H3. The molecule has 0 spiro atoms. The molecule has 3 unspecified atom stereocenters. The van der Waals surface area contributed by atoms with Crippen molar-refractivity contribution in [2.45, 2.75) is 53.8 Å². The fraction of sp³-hybridized carbons (Fsp3) is 0.333. The summed E-state index contributed by atoms with van der Waals surface area (Å²) < 4.78 is 105. The monoisotopic (exact) mass is 626 g/mol. The Morgan fingerprint density at radius 3 is 1.61 bits per heavy atom. The van der Waals surface area contributed by atoms with E-state index in [2.05, 4.69) is 0 Å². The van der Waals surface area contributed by atoms with Crippen LogP contribution < -0.4 is 0 Å². The van der Waals surface area contributed by atoms with Gasteiger partial charge in [0.25, 0.3) is 30.4 Å². The molecule has 1 aliphatic heterocycles. The van der Waals surface area contributed by atoms with E-state index in [-0.39, 0.29) is 28.1 Å². The lowest BCUT2D eigenvalue weighted by Gasteiger charge is -2.35. The highest BCUT2D eigenvalue weighted by Crippen LogP contribution is 2.26. The maximum atomic E-state index is 13.2. The molecule has 0 aliphatic carbocycles. The summed E-state index contributed by atoms with van der Waals surface area (Å²) in [6.07, 6.45) is -4.47. The molecule has 1 heterocycles. The molecular formula is C27H30O11S3. The zero-order valence-corrected chi connectivity index (χ0v) is 24.9. The molecule has 0 bridgehead atoms. The van der Waals surface area contributed by atoms with Gasteiger partial charge in [-0.05, 0) is 57.2 Å². The summed E-state index contributed by atoms with van der Waals surface area (Å²) in [4.78, 5) is -0.507. The van der Waals surface area contributed by atoms with Crippen LogP contribution in [0.5, 0.6) is 0 Å². The summed E-state index contributed by atoms with van der Waals surface area (Å²) in [5.41, 5.74) is 2.45. The molecule has 14 heteroatoms. The number of hydrogen-bond acceptors (Lipinski definition) is 11. The van der Waals surface area contributed by atoms with Gasteiger partial charge in [0.2, 0.25) is 0 Å². The topological polar surface area (TPSA) is 149 Å². The van der Waals surface area contributed by atoms with E-state index in [1.54, 1.807) is 57.2 Å². The largest absolute Gasteiger partial charge is 0.353 e. The SMILES string of the molecule is Cc1ccc(S(=O)(=O)OCC(OS(=O)(=O)c2ccc(C)cc2)C2OCOCC2OS(=O)(=O)c2ccc(C)cc2)cc1. The fourth-order valence-electron chi connectivity index (χ4n) is 3.88. The summed E-state index contributed by atoms with van der Waals surface area (Å²) in [6.45, 7) is 3.84. The molecule has 0 saturated carbocycles. The van der Waals surface area contributed by atoms with Gasteiger partial charge in [-0.2, -0.15) is 25.3 Å². The minimum absolute atomic E-state index is 0.143. The van der Waals surface area contributed by atoms with Crippen LogP contribution in [0.2, 0.25) is 0 Å². The summed E-state index contributed by atoms with van der Waals surface area (Å²) in [5.74, 6) is 0. The smallest absolute Gasteiger partial charge is 0.297 e. The van der Waals surface area contributed by atoms with Gasteiger partial charge in [-0.15, -0.1) is 0 Å². The highest BCUT2D eigenvalue weighted by atomic mass is 32.2. The van der Waals surface area contributed by atoms with Crippen molar-refractivity contribution in [1.82, 2.24) is 0 Å². The molecule has 0 aromatic heterocycles. The first kappa shape index (κ1) is 31.3. The first-order valence-electron chi connectivity index (χ1n) is 12.4. The predicted molar refractivity (Wildman–Crippen MR) is 146 cm³/mol. The molecule has 3 aromatic rings. The highest BCUT2D eigenvalue weighted by Gasteiger charge is 2.42. The van der Waals surface area contributed by atoms with E-state index in [0.717, 1.165) is 16.7 Å². The zero-order valence-electron chi connectivity index (χ0n) is 22.5. The number of rotatable bonds is 11. The molecule has 222 valence electrons. The van der Waals surface area contributed by atoms with Crippen molar-refractivity contribution >= 4 is 30.4 Å². The molecule has 4 rings (SSSR count). The lowest BCUT2D eigenvalue weighted by atomic mass is 10.1. The first-order chi connectivity index (χ1) is 19.3. The van der Waals surface area contributed by atoms with E-state index in [0.29, 0.717) is 0 Å². The fourth-order valence-corrected chi connectivity index (χ4v) is 6.94. The van der Waals surface area contributed by atoms with Crippen molar-refractivity contribution in [3.63, 3.8) is 0 Å². The van der Waals surface area contributed by atoms with Crippen LogP contribution in [0.1, 0.15) is 16.7 Å². The van der Waals surface area contributed by atoms with Gasteiger partial charge in [0.1, 0.15) is 25.1 Å². The van der Waals surface area contributed by atoms with Crippen LogP contribution in [0.3, 0.4) is 0 Å². The van der Waals surface area contributed by atoms with Crippen molar-refractivity contribution in [1.29, 1.82) is 0 Å². The maximum absolute atomic E-state index is 13.2. The minimum atomic E-state index is -4.49. The van der Waals surface area contributed by atoms with Crippen LogP contribution in [0.25, 0.3) is 0 Å². The Balaban J connectivity index is 1.64. The van der Waals surface area contributed by atoms with Gasteiger partial charge in [0.15, 0.2) is 0 Å². The van der Waals surface area contributed by atoms with Crippen LogP contribution in [0.15, 0.2) is 87.5 Å². The molecule has 1 aliphatic rings. The van der Waals surface area contributed by atoms with E-state index >= 15 is 0 Å². The Labute approximate surface area is 240 Å². The second-order valence-corrected chi connectivity index (χ2v) is 14.2. The van der Waals surface area contributed by atoms with E-state index in [1.807, 2.05) is 0 Å². The Kier molecular flexibility index (Phi) is 9.66. The Hall–Kier alpha value is -2.69. The number of aryl methyl sites for hydroxylation is 3. The molecule has 1 saturated heterocycles. The Morgan fingerprint density at radius 2 is 1.12 bits per heavy atom. The van der Waals surface area contributed by atoms with Crippen molar-refractivity contribution in [2.75, 3.05) is 20.0 Å². The van der Waals surface area contributed by atoms with Crippen LogP contribution in [-0.4, -0.2) is 63.6 Å². The van der Waals surface area contributed by atoms with Gasteiger partial charge in [-0.3, -0.25) is 12.5 Å². The van der Waals surface area contributed by atoms with Crippen LogP contribution in [-0.2, 0) is 52.4 Å². The number of benzene rings is 3. The van der Waals surface area contributed by atoms with Crippen molar-refractivity contribution < 1.29 is 47.3 Å². The third-order valence-electron chi connectivity index (χ3n) is 6.18. The molecule has 41 heavy (non-hydrogen) atoms. The van der Waals surface area contributed by atoms with Gasteiger partial charge < -0.3 is 9.47 Å². The van der Waals surface area contributed by atoms with Gasteiger partial charge >= 0.3 is 0 Å². The number of ether oxygens (including phenoxy) is 2. The normalized spacial score (nSPS) is 19.1. The molecule has 1 fully saturated rings. The van der Waals surface area contributed by atoms with Crippen molar-refractivity contribution in [2.24, 2.45) is 0 Å². The zero-order chi connectivity index (χ0) is 29.8. The van der Waals surface area contributed by atoms with E-state index in [1.165, 1.54) is 36.4 Å². The molecule has 0 radical (unpaired) electrons. The van der Waals surface area contributed by atoms with Crippen molar-refractivity contribution in [3.8, 4) is 0 Å². The van der Waals surface area contributed by atoms with E-state index < -0.39 is 55.3 Å². The lowest BCUT2D eigenvalue weighted by molar-refractivity contribution is -0.210. The van der Waals surface area contributed by atoms with Crippen LogP contribution >= 0.6 is 0 Å². The summed E-state index contributed by atoms with van der Waals surface area (Å²) in [5, 5.41) is 0. The first-order valence-corrected chi connectivity index (χ1v) is 16.6. The second kappa shape index (κ2) is 12.7. The number of hydrogen-bond donors (Lipinski definition) is 0. The third kappa shape index (κ3) is 7.99. The average molecular weight is 627 g/mol. The molecule has 0 amide bonds. The average Bonchev–Trinajstić information content (AvgIpc) is 2.92. The molecule has 3 atom stereocenters. The van der Waals surface area contributed by atoms with Crippen molar-refractivity contribution in [3.05, 3.63) is 89.5 Å². The van der Waals surface area contributed by atoms with E-state index in [4.69, 9.17) is 22.0 Å². The lowest BCUT2D eigenvalue weighted by Crippen LogP contribution is -2.51. The van der Waals surface area contributed by atoms with E-state index in [9.17, 15) is 25.3 Å². The van der Waals surface area contributed by atoms with Crippen LogP contribution in [0.4, 0.5) is 0 Å². The molecule has 11 nitrogen and oxygen atoms in total. The minimum Gasteiger partial charge on any atom is -0.353 e. The Bertz CT molecular complexity index is 1650. The second-order valence-electron chi connectivity index (χ2n) is 9.48. The molecule has 3 aromatic carbocycles. The third-order valence-corrected chi connectivity index (χ3v) is 10.2. The Morgan fingerprint density at radius 1 is 0.683 bits per heavy atom. The van der Waals surface area contributed by atoms with Crippen LogP contribution in [0, 0.1) is 20.8 Å². The van der Waals surface area contributed by atoms with Gasteiger partial charge in [-0.1, -0.05) is 53.1 Å². The van der Waals surface area contributed by atoms with Gasteiger partial charge in [-0.25, -0.2) is 0 Å². The van der Waals surface area contributed by atoms with Gasteiger partial charge in [0.05, 0.1) is 27.9 Å². The molecule has 0 N–H and O–H groups in total. The highest BCUT2D eigenvalue weighted by molar-refractivity contribution is 7.87. The summed E-state index contributed by atoms with van der Waals surface area (Å²) in [7, 11) is -13.2. The quantitative estimate of drug-likeness (QED) is 0.289. The predicted octanol–water partition coefficient (Wildman–Crippen LogP) is 3.24. The maximum Gasteiger partial charge on any atom is 0.297 e. The van der Waals surface area contributed by atoms with Gasteiger partial charge in [0, 0.05) is 0 Å².